The van der Waals surface area contributed by atoms with Gasteiger partial charge in [-0.15, -0.1) is 0 Å². The minimum atomic E-state index is -0.339. The van der Waals surface area contributed by atoms with Crippen LogP contribution in [0.3, 0.4) is 0 Å². The van der Waals surface area contributed by atoms with Crippen LogP contribution in [-0.4, -0.2) is 69.0 Å². The first-order valence-corrected chi connectivity index (χ1v) is 17.5. The van der Waals surface area contributed by atoms with Crippen molar-refractivity contribution in [2.24, 2.45) is 0 Å². The van der Waals surface area contributed by atoms with E-state index in [1.807, 2.05) is 49.0 Å². The molecule has 270 valence electrons. The Hall–Kier alpha value is -6.82. The largest absolute Gasteiger partial charge is 0.383 e. The Morgan fingerprint density at radius 1 is 0.722 bits per heavy atom. The second-order valence-corrected chi connectivity index (χ2v) is 13.3. The molecular weight excluding hydrogens is 689 g/mol. The zero-order valence-electron chi connectivity index (χ0n) is 29.5. The lowest BCUT2D eigenvalue weighted by molar-refractivity contribution is 0.0948. The van der Waals surface area contributed by atoms with Gasteiger partial charge in [-0.3, -0.25) is 19.5 Å². The van der Waals surface area contributed by atoms with Crippen molar-refractivity contribution < 1.29 is 23.2 Å². The topological polar surface area (TPSA) is 117 Å². The standard InChI is InChI=1S/C22H20FN3O2.C20H15FN4O/c1-25(2)12-10-18(27)19-16-4-3-5-17-21(16)26(13-11-24-22(17)28)20(19)14-6-8-15(23)9-7-14;21-13-6-4-12(5-7-13)18-17(16-8-9-23-24-16)14-2-1-3-15-19(14)25(18)11-10-22-20(15)26/h3-10,12H,11,13H2,1-2H3,(H,24,28);1-9H,10-11H2,(H,22,26)(H,23,24)/b12-10+;. The summed E-state index contributed by atoms with van der Waals surface area (Å²) in [4.78, 5) is 39.9. The number of hydrogen-bond acceptors (Lipinski definition) is 5. The Bertz CT molecular complexity index is 2600. The van der Waals surface area contributed by atoms with E-state index in [4.69, 9.17) is 0 Å². The molecule has 0 saturated heterocycles. The Morgan fingerprint density at radius 2 is 1.26 bits per heavy atom. The molecule has 0 saturated carbocycles. The molecule has 0 fully saturated rings. The summed E-state index contributed by atoms with van der Waals surface area (Å²) in [5.41, 5.74) is 8.46. The van der Waals surface area contributed by atoms with Crippen LogP contribution in [0.4, 0.5) is 8.78 Å². The number of amides is 2. The summed E-state index contributed by atoms with van der Waals surface area (Å²) in [6.45, 7) is 2.15. The van der Waals surface area contributed by atoms with Gasteiger partial charge in [0.25, 0.3) is 11.8 Å². The average molecular weight is 724 g/mol. The molecule has 7 aromatic rings. The van der Waals surface area contributed by atoms with Gasteiger partial charge in [0.1, 0.15) is 11.6 Å². The zero-order chi connectivity index (χ0) is 37.5. The van der Waals surface area contributed by atoms with Crippen molar-refractivity contribution in [1.82, 2.24) is 34.9 Å². The van der Waals surface area contributed by atoms with Gasteiger partial charge in [-0.2, -0.15) is 5.10 Å². The van der Waals surface area contributed by atoms with Crippen LogP contribution in [0.25, 0.3) is 55.6 Å². The summed E-state index contributed by atoms with van der Waals surface area (Å²) >= 11 is 0. The lowest BCUT2D eigenvalue weighted by Gasteiger charge is -2.11. The number of rotatable bonds is 6. The van der Waals surface area contributed by atoms with Crippen molar-refractivity contribution in [3.8, 4) is 33.8 Å². The third-order valence-electron chi connectivity index (χ3n) is 9.67. The monoisotopic (exact) mass is 723 g/mol. The first-order chi connectivity index (χ1) is 26.2. The van der Waals surface area contributed by atoms with E-state index in [0.717, 1.165) is 49.9 Å². The number of aromatic amines is 1. The van der Waals surface area contributed by atoms with Crippen molar-refractivity contribution in [1.29, 1.82) is 0 Å². The Labute approximate surface area is 308 Å². The molecular formula is C42H35F2N7O3. The van der Waals surface area contributed by atoms with E-state index >= 15 is 0 Å². The first kappa shape index (κ1) is 34.3. The number of carbonyl (C=O) groups is 3. The van der Waals surface area contributed by atoms with Crippen molar-refractivity contribution in [2.75, 3.05) is 27.2 Å². The number of carbonyl (C=O) groups excluding carboxylic acids is 3. The summed E-state index contributed by atoms with van der Waals surface area (Å²) in [5, 5.41) is 14.6. The third-order valence-corrected chi connectivity index (χ3v) is 9.67. The van der Waals surface area contributed by atoms with Gasteiger partial charge in [-0.25, -0.2) is 8.78 Å². The molecule has 2 amide bonds. The molecule has 0 atom stereocenters. The summed E-state index contributed by atoms with van der Waals surface area (Å²) in [6.07, 6.45) is 4.92. The number of benzene rings is 4. The van der Waals surface area contributed by atoms with Crippen LogP contribution in [0.5, 0.6) is 0 Å². The van der Waals surface area contributed by atoms with Crippen LogP contribution in [0.1, 0.15) is 31.1 Å². The van der Waals surface area contributed by atoms with E-state index in [1.54, 1.807) is 53.7 Å². The van der Waals surface area contributed by atoms with E-state index in [1.165, 1.54) is 30.3 Å². The summed E-state index contributed by atoms with van der Waals surface area (Å²) in [6, 6.07) is 25.6. The maximum absolute atomic E-state index is 13.5. The molecule has 5 heterocycles. The van der Waals surface area contributed by atoms with Crippen LogP contribution in [-0.2, 0) is 13.1 Å². The molecule has 9 rings (SSSR count). The van der Waals surface area contributed by atoms with Crippen LogP contribution in [0.15, 0.2) is 109 Å². The third kappa shape index (κ3) is 6.01. The van der Waals surface area contributed by atoms with Gasteiger partial charge >= 0.3 is 0 Å². The van der Waals surface area contributed by atoms with Crippen LogP contribution < -0.4 is 10.6 Å². The predicted octanol–water partition coefficient (Wildman–Crippen LogP) is 7.03. The zero-order valence-corrected chi connectivity index (χ0v) is 29.5. The van der Waals surface area contributed by atoms with Crippen molar-refractivity contribution >= 4 is 39.4 Å². The highest BCUT2D eigenvalue weighted by atomic mass is 19.1. The number of allylic oxidation sites excluding steroid dienone is 1. The Balaban J connectivity index is 0.000000153. The molecule has 3 N–H and O–H groups in total. The van der Waals surface area contributed by atoms with Gasteiger partial charge < -0.3 is 24.7 Å². The summed E-state index contributed by atoms with van der Waals surface area (Å²) in [5.74, 6) is -1.01. The van der Waals surface area contributed by atoms with Gasteiger partial charge in [-0.05, 0) is 77.9 Å². The van der Waals surface area contributed by atoms with Gasteiger partial charge in [0.2, 0.25) is 0 Å². The molecule has 54 heavy (non-hydrogen) atoms. The summed E-state index contributed by atoms with van der Waals surface area (Å²) in [7, 11) is 3.68. The SMILES string of the molecule is CN(C)/C=C/C(=O)c1c(-c2ccc(F)cc2)n2c3c(cccc13)C(=O)NCC2.O=C1NCCn2c(-c3ccc(F)cc3)c(-c3ccn[nH]3)c3cccc1c32. The minimum absolute atomic E-state index is 0.0753. The normalized spacial score (nSPS) is 13.6. The van der Waals surface area contributed by atoms with E-state index in [9.17, 15) is 23.2 Å². The number of nitrogens with zero attached hydrogens (tertiary/aromatic N) is 4. The molecule has 0 unspecified atom stereocenters. The molecule has 0 spiro atoms. The molecule has 2 aliphatic heterocycles. The maximum Gasteiger partial charge on any atom is 0.253 e. The van der Waals surface area contributed by atoms with Crippen LogP contribution >= 0.6 is 0 Å². The lowest BCUT2D eigenvalue weighted by Crippen LogP contribution is -2.24. The molecule has 0 radical (unpaired) electrons. The predicted molar refractivity (Wildman–Crippen MR) is 204 cm³/mol. The first-order valence-electron chi connectivity index (χ1n) is 17.5. The van der Waals surface area contributed by atoms with E-state index in [2.05, 4.69) is 25.4 Å². The van der Waals surface area contributed by atoms with Gasteiger partial charge in [-0.1, -0.05) is 24.3 Å². The Kier molecular flexibility index (Phi) is 8.86. The van der Waals surface area contributed by atoms with Crippen LogP contribution in [0, 0.1) is 11.6 Å². The van der Waals surface area contributed by atoms with Gasteiger partial charge in [0.15, 0.2) is 5.78 Å². The van der Waals surface area contributed by atoms with Crippen molar-refractivity contribution in [3.05, 3.63) is 138 Å². The highest BCUT2D eigenvalue weighted by Gasteiger charge is 2.28. The smallest absolute Gasteiger partial charge is 0.253 e. The van der Waals surface area contributed by atoms with Crippen molar-refractivity contribution in [3.63, 3.8) is 0 Å². The lowest BCUT2D eigenvalue weighted by atomic mass is 10.00. The summed E-state index contributed by atoms with van der Waals surface area (Å²) < 4.78 is 31.1. The second kappa shape index (κ2) is 14.0. The van der Waals surface area contributed by atoms with Crippen molar-refractivity contribution in [2.45, 2.75) is 13.1 Å². The molecule has 2 aliphatic rings. The number of para-hydroxylation sites is 2. The fourth-order valence-electron chi connectivity index (χ4n) is 7.42. The average Bonchev–Trinajstić information content (AvgIpc) is 3.84. The number of H-pyrrole nitrogens is 1. The van der Waals surface area contributed by atoms with E-state index in [-0.39, 0.29) is 29.2 Å². The number of ketones is 1. The molecule has 10 nitrogen and oxygen atoms in total. The van der Waals surface area contributed by atoms with E-state index in [0.29, 0.717) is 48.6 Å². The molecule has 4 aromatic carbocycles. The van der Waals surface area contributed by atoms with Gasteiger partial charge in [0.05, 0.1) is 44.8 Å². The molecule has 3 aromatic heterocycles. The molecule has 0 aliphatic carbocycles. The molecule has 12 heteroatoms. The fraction of sp³-hybridized carbons (Fsp3) is 0.143. The van der Waals surface area contributed by atoms with E-state index < -0.39 is 0 Å². The number of aromatic nitrogens is 4. The van der Waals surface area contributed by atoms with Crippen LogP contribution in [0.2, 0.25) is 0 Å². The quantitative estimate of drug-likeness (QED) is 0.126. The Morgan fingerprint density at radius 3 is 1.81 bits per heavy atom. The number of nitrogens with one attached hydrogen (secondary N) is 3. The minimum Gasteiger partial charge on any atom is -0.383 e. The number of halogens is 2. The highest BCUT2D eigenvalue weighted by Crippen LogP contribution is 2.42. The maximum atomic E-state index is 13.5. The second-order valence-electron chi connectivity index (χ2n) is 13.3. The highest BCUT2D eigenvalue weighted by molar-refractivity contribution is 6.21. The fourth-order valence-corrected chi connectivity index (χ4v) is 7.42. The molecule has 0 bridgehead atoms. The van der Waals surface area contributed by atoms with Gasteiger partial charge in [0, 0.05) is 75.1 Å². The number of hydrogen-bond donors (Lipinski definition) is 3.